The number of thiophene rings is 1. The Labute approximate surface area is 125 Å². The summed E-state index contributed by atoms with van der Waals surface area (Å²) in [4.78, 5) is 3.68. The highest BCUT2D eigenvalue weighted by Crippen LogP contribution is 2.31. The molecule has 0 spiro atoms. The molecule has 1 aromatic carbocycles. The first kappa shape index (κ1) is 15.0. The monoisotopic (exact) mass is 290 g/mol. The van der Waals surface area contributed by atoms with Crippen LogP contribution >= 0.6 is 11.3 Å². The summed E-state index contributed by atoms with van der Waals surface area (Å²) in [5.74, 6) is 0.873. The third-order valence-electron chi connectivity index (χ3n) is 3.76. The Hall–Kier alpha value is -1.36. The van der Waals surface area contributed by atoms with Crippen LogP contribution in [-0.2, 0) is 0 Å². The predicted octanol–water partition coefficient (Wildman–Crippen LogP) is 3.45. The zero-order chi connectivity index (χ0) is 14.5. The van der Waals surface area contributed by atoms with Crippen molar-refractivity contribution in [1.29, 1.82) is 0 Å². The lowest BCUT2D eigenvalue weighted by Crippen LogP contribution is -2.32. The van der Waals surface area contributed by atoms with Gasteiger partial charge in [-0.05, 0) is 43.1 Å². The molecule has 20 heavy (non-hydrogen) atoms. The van der Waals surface area contributed by atoms with Crippen LogP contribution in [0, 0.1) is 0 Å². The number of nitrogens with two attached hydrogens (primary N) is 1. The van der Waals surface area contributed by atoms with Crippen molar-refractivity contribution in [3.05, 3.63) is 52.2 Å². The maximum Gasteiger partial charge on any atom is 0.119 e. The van der Waals surface area contributed by atoms with Gasteiger partial charge in [-0.2, -0.15) is 0 Å². The zero-order valence-corrected chi connectivity index (χ0v) is 13.1. The van der Waals surface area contributed by atoms with Crippen LogP contribution in [0.5, 0.6) is 5.75 Å². The van der Waals surface area contributed by atoms with E-state index in [0.29, 0.717) is 12.6 Å². The molecule has 0 fully saturated rings. The van der Waals surface area contributed by atoms with Crippen LogP contribution in [0.4, 0.5) is 0 Å². The largest absolute Gasteiger partial charge is 0.497 e. The van der Waals surface area contributed by atoms with Crippen LogP contribution in [0.25, 0.3) is 0 Å². The van der Waals surface area contributed by atoms with E-state index < -0.39 is 0 Å². The first-order chi connectivity index (χ1) is 9.67. The van der Waals surface area contributed by atoms with Gasteiger partial charge in [-0.25, -0.2) is 0 Å². The number of hydrogen-bond acceptors (Lipinski definition) is 4. The number of rotatable bonds is 6. The molecule has 3 nitrogen and oxygen atoms in total. The maximum absolute atomic E-state index is 6.01. The summed E-state index contributed by atoms with van der Waals surface area (Å²) >= 11 is 1.78. The minimum atomic E-state index is 0.183. The highest BCUT2D eigenvalue weighted by atomic mass is 32.1. The quantitative estimate of drug-likeness (QED) is 0.885. The number of ether oxygens (including phenoxy) is 1. The van der Waals surface area contributed by atoms with E-state index in [2.05, 4.69) is 48.5 Å². The summed E-state index contributed by atoms with van der Waals surface area (Å²) in [6, 6.07) is 12.9. The molecule has 2 aromatic rings. The van der Waals surface area contributed by atoms with Crippen molar-refractivity contribution < 1.29 is 4.74 Å². The van der Waals surface area contributed by atoms with Crippen LogP contribution in [0.3, 0.4) is 0 Å². The number of methoxy groups -OCH3 is 1. The maximum atomic E-state index is 6.01. The average Bonchev–Trinajstić information content (AvgIpc) is 3.01. The molecule has 0 amide bonds. The predicted molar refractivity (Wildman–Crippen MR) is 85.3 cm³/mol. The van der Waals surface area contributed by atoms with Crippen LogP contribution in [0.1, 0.15) is 29.4 Å². The first-order valence-corrected chi connectivity index (χ1v) is 7.64. The van der Waals surface area contributed by atoms with Gasteiger partial charge in [0.2, 0.25) is 0 Å². The van der Waals surface area contributed by atoms with Crippen molar-refractivity contribution in [1.82, 2.24) is 4.90 Å². The molecule has 0 aliphatic heterocycles. The average molecular weight is 290 g/mol. The van der Waals surface area contributed by atoms with Gasteiger partial charge in [-0.1, -0.05) is 18.2 Å². The van der Waals surface area contributed by atoms with Gasteiger partial charge < -0.3 is 10.5 Å². The molecule has 2 atom stereocenters. The fourth-order valence-corrected chi connectivity index (χ4v) is 3.22. The molecular formula is C16H22N2OS. The van der Waals surface area contributed by atoms with Gasteiger partial charge in [-0.3, -0.25) is 4.90 Å². The summed E-state index contributed by atoms with van der Waals surface area (Å²) < 4.78 is 5.30. The molecule has 0 aliphatic rings. The lowest BCUT2D eigenvalue weighted by Gasteiger charge is -2.32. The van der Waals surface area contributed by atoms with Crippen LogP contribution in [-0.4, -0.2) is 25.6 Å². The van der Waals surface area contributed by atoms with Crippen molar-refractivity contribution in [3.63, 3.8) is 0 Å². The molecule has 0 saturated heterocycles. The second-order valence-corrected chi connectivity index (χ2v) is 5.86. The van der Waals surface area contributed by atoms with Crippen molar-refractivity contribution >= 4 is 11.3 Å². The standard InChI is InChI=1S/C16H22N2OS/c1-12(16-8-5-9-20-16)18(2)15(11-17)13-6-4-7-14(10-13)19-3/h4-10,12,15H,11,17H2,1-3H3. The summed E-state index contributed by atoms with van der Waals surface area (Å²) in [5, 5.41) is 2.11. The Morgan fingerprint density at radius 2 is 2.10 bits per heavy atom. The Bertz CT molecular complexity index is 527. The third kappa shape index (κ3) is 3.20. The molecule has 0 bridgehead atoms. The van der Waals surface area contributed by atoms with Crippen molar-refractivity contribution in [2.45, 2.75) is 19.0 Å². The molecule has 2 rings (SSSR count). The fraction of sp³-hybridized carbons (Fsp3) is 0.375. The van der Waals surface area contributed by atoms with Crippen LogP contribution < -0.4 is 10.5 Å². The fourth-order valence-electron chi connectivity index (χ4n) is 2.39. The number of nitrogens with zero attached hydrogens (tertiary/aromatic N) is 1. The van der Waals surface area contributed by atoms with Gasteiger partial charge in [0.25, 0.3) is 0 Å². The summed E-state index contributed by atoms with van der Waals surface area (Å²) in [7, 11) is 3.82. The van der Waals surface area contributed by atoms with Gasteiger partial charge in [0.15, 0.2) is 0 Å². The molecule has 1 aromatic heterocycles. The van der Waals surface area contributed by atoms with E-state index in [1.165, 1.54) is 10.4 Å². The summed E-state index contributed by atoms with van der Waals surface area (Å²) in [6.07, 6.45) is 0. The molecule has 2 unspecified atom stereocenters. The highest BCUT2D eigenvalue weighted by molar-refractivity contribution is 7.10. The molecule has 108 valence electrons. The van der Waals surface area contributed by atoms with Gasteiger partial charge in [0, 0.05) is 23.5 Å². The van der Waals surface area contributed by atoms with Gasteiger partial charge in [-0.15, -0.1) is 11.3 Å². The van der Waals surface area contributed by atoms with E-state index in [4.69, 9.17) is 10.5 Å². The summed E-state index contributed by atoms with van der Waals surface area (Å²) in [6.45, 7) is 2.80. The van der Waals surface area contributed by atoms with Crippen LogP contribution in [0.15, 0.2) is 41.8 Å². The zero-order valence-electron chi connectivity index (χ0n) is 12.2. The lowest BCUT2D eigenvalue weighted by atomic mass is 10.0. The minimum absolute atomic E-state index is 0.183. The summed E-state index contributed by atoms with van der Waals surface area (Å²) in [5.41, 5.74) is 7.20. The molecule has 0 radical (unpaired) electrons. The van der Waals surface area contributed by atoms with E-state index in [9.17, 15) is 0 Å². The van der Waals surface area contributed by atoms with E-state index in [-0.39, 0.29) is 6.04 Å². The molecule has 0 aliphatic carbocycles. The molecule has 0 saturated carbocycles. The number of hydrogen-bond donors (Lipinski definition) is 1. The second kappa shape index (κ2) is 6.88. The lowest BCUT2D eigenvalue weighted by molar-refractivity contribution is 0.192. The first-order valence-electron chi connectivity index (χ1n) is 6.76. The van der Waals surface area contributed by atoms with Crippen molar-refractivity contribution in [3.8, 4) is 5.75 Å². The second-order valence-electron chi connectivity index (χ2n) is 4.88. The normalized spacial score (nSPS) is 14.2. The van der Waals surface area contributed by atoms with Crippen LogP contribution in [0.2, 0.25) is 0 Å². The molecular weight excluding hydrogens is 268 g/mol. The van der Waals surface area contributed by atoms with E-state index in [1.54, 1.807) is 18.4 Å². The van der Waals surface area contributed by atoms with Gasteiger partial charge in [0.1, 0.15) is 5.75 Å². The minimum Gasteiger partial charge on any atom is -0.497 e. The van der Waals surface area contributed by atoms with E-state index >= 15 is 0 Å². The Morgan fingerprint density at radius 1 is 1.30 bits per heavy atom. The van der Waals surface area contributed by atoms with Gasteiger partial charge >= 0.3 is 0 Å². The highest BCUT2D eigenvalue weighted by Gasteiger charge is 2.22. The van der Waals surface area contributed by atoms with E-state index in [1.807, 2.05) is 12.1 Å². The molecule has 2 N–H and O–H groups in total. The SMILES string of the molecule is COc1cccc(C(CN)N(C)C(C)c2cccs2)c1. The van der Waals surface area contributed by atoms with Crippen molar-refractivity contribution in [2.24, 2.45) is 5.73 Å². The molecule has 1 heterocycles. The Balaban J connectivity index is 2.22. The number of benzene rings is 1. The smallest absolute Gasteiger partial charge is 0.119 e. The Morgan fingerprint density at radius 3 is 2.70 bits per heavy atom. The Kier molecular flexibility index (Phi) is 5.17. The number of likely N-dealkylation sites (N-methyl/N-ethyl adjacent to an activating group) is 1. The topological polar surface area (TPSA) is 38.5 Å². The van der Waals surface area contributed by atoms with Crippen molar-refractivity contribution in [2.75, 3.05) is 20.7 Å². The third-order valence-corrected chi connectivity index (χ3v) is 4.80. The van der Waals surface area contributed by atoms with Gasteiger partial charge in [0.05, 0.1) is 7.11 Å². The van der Waals surface area contributed by atoms with E-state index in [0.717, 1.165) is 5.75 Å². The molecule has 4 heteroatoms.